The Bertz CT molecular complexity index is 808. The minimum absolute atomic E-state index is 0.0636. The van der Waals surface area contributed by atoms with Crippen molar-refractivity contribution in [1.29, 1.82) is 0 Å². The molecule has 2 aromatic carbocycles. The summed E-state index contributed by atoms with van der Waals surface area (Å²) < 4.78 is 35.3. The van der Waals surface area contributed by atoms with Gasteiger partial charge < -0.3 is 10.6 Å². The van der Waals surface area contributed by atoms with Crippen LogP contribution in [0.25, 0.3) is 0 Å². The monoisotopic (exact) mass is 351 g/mol. The van der Waals surface area contributed by atoms with Crippen LogP contribution in [-0.2, 0) is 21.2 Å². The highest BCUT2D eigenvalue weighted by Crippen LogP contribution is 2.09. The van der Waals surface area contributed by atoms with E-state index >= 15 is 0 Å². The van der Waals surface area contributed by atoms with Crippen molar-refractivity contribution in [1.82, 2.24) is 5.32 Å². The van der Waals surface area contributed by atoms with E-state index in [-0.39, 0.29) is 17.3 Å². The van der Waals surface area contributed by atoms with E-state index in [9.17, 15) is 17.6 Å². The van der Waals surface area contributed by atoms with Gasteiger partial charge in [-0.05, 0) is 48.9 Å². The van der Waals surface area contributed by atoms with E-state index in [0.29, 0.717) is 18.7 Å². The molecule has 0 unspecified atom stereocenters. The van der Waals surface area contributed by atoms with Gasteiger partial charge >= 0.3 is 0 Å². The largest absolute Gasteiger partial charge is 0.325 e. The highest BCUT2D eigenvalue weighted by molar-refractivity contribution is 7.89. The second-order valence-electron chi connectivity index (χ2n) is 5.17. The Hall–Kier alpha value is -2.29. The Kier molecular flexibility index (Phi) is 6.02. The zero-order chi connectivity index (χ0) is 17.6. The number of anilines is 1. The van der Waals surface area contributed by atoms with Crippen LogP contribution in [0.5, 0.6) is 0 Å². The normalized spacial score (nSPS) is 11.2. The fraction of sp³-hybridized carbons (Fsp3) is 0.188. The zero-order valence-corrected chi connectivity index (χ0v) is 13.6. The van der Waals surface area contributed by atoms with E-state index in [1.807, 2.05) is 0 Å². The average molecular weight is 351 g/mol. The minimum atomic E-state index is -3.68. The molecule has 0 spiro atoms. The van der Waals surface area contributed by atoms with Crippen molar-refractivity contribution in [3.63, 3.8) is 0 Å². The first kappa shape index (κ1) is 18.1. The number of sulfonamides is 1. The number of halogens is 1. The highest BCUT2D eigenvalue weighted by Gasteiger charge is 2.07. The number of hydrogen-bond acceptors (Lipinski definition) is 4. The van der Waals surface area contributed by atoms with Crippen molar-refractivity contribution in [3.8, 4) is 0 Å². The van der Waals surface area contributed by atoms with Crippen molar-refractivity contribution in [2.45, 2.75) is 11.3 Å². The van der Waals surface area contributed by atoms with Crippen LogP contribution in [0.15, 0.2) is 53.4 Å². The van der Waals surface area contributed by atoms with Crippen LogP contribution < -0.4 is 15.8 Å². The van der Waals surface area contributed by atoms with Gasteiger partial charge in [0, 0.05) is 5.69 Å². The van der Waals surface area contributed by atoms with E-state index < -0.39 is 15.8 Å². The first-order valence-electron chi connectivity index (χ1n) is 7.22. The molecule has 0 aromatic heterocycles. The summed E-state index contributed by atoms with van der Waals surface area (Å²) in [6.45, 7) is 0.622. The molecular weight excluding hydrogens is 333 g/mol. The molecule has 1 amide bonds. The maximum atomic E-state index is 13.0. The summed E-state index contributed by atoms with van der Waals surface area (Å²) in [5.41, 5.74) is 1.32. The van der Waals surface area contributed by atoms with E-state index in [1.165, 1.54) is 30.3 Å². The predicted molar refractivity (Wildman–Crippen MR) is 89.4 cm³/mol. The number of hydrogen-bond donors (Lipinski definition) is 3. The van der Waals surface area contributed by atoms with Crippen molar-refractivity contribution in [2.24, 2.45) is 5.14 Å². The lowest BCUT2D eigenvalue weighted by Crippen LogP contribution is -2.29. The molecule has 0 saturated heterocycles. The molecule has 8 heteroatoms. The van der Waals surface area contributed by atoms with Gasteiger partial charge in [0.05, 0.1) is 11.4 Å². The number of amides is 1. The van der Waals surface area contributed by atoms with Crippen molar-refractivity contribution in [2.75, 3.05) is 18.4 Å². The summed E-state index contributed by atoms with van der Waals surface area (Å²) in [5.74, 6) is -0.686. The van der Waals surface area contributed by atoms with Crippen LogP contribution in [0.3, 0.4) is 0 Å². The Morgan fingerprint density at radius 1 is 1.12 bits per heavy atom. The Morgan fingerprint density at radius 3 is 2.46 bits per heavy atom. The molecule has 0 saturated carbocycles. The first-order valence-corrected chi connectivity index (χ1v) is 8.77. The zero-order valence-electron chi connectivity index (χ0n) is 12.8. The van der Waals surface area contributed by atoms with Gasteiger partial charge in [-0.2, -0.15) is 0 Å². The van der Waals surface area contributed by atoms with Gasteiger partial charge in [0.2, 0.25) is 15.9 Å². The number of nitrogens with two attached hydrogens (primary N) is 1. The second-order valence-corrected chi connectivity index (χ2v) is 6.74. The molecule has 6 nitrogen and oxygen atoms in total. The van der Waals surface area contributed by atoms with Crippen LogP contribution in [-0.4, -0.2) is 27.4 Å². The van der Waals surface area contributed by atoms with Crippen LogP contribution in [0.4, 0.5) is 10.1 Å². The van der Waals surface area contributed by atoms with Gasteiger partial charge in [-0.15, -0.1) is 0 Å². The highest BCUT2D eigenvalue weighted by atomic mass is 32.2. The van der Waals surface area contributed by atoms with E-state index in [0.717, 1.165) is 5.56 Å². The average Bonchev–Trinajstić information content (AvgIpc) is 2.51. The van der Waals surface area contributed by atoms with E-state index in [1.54, 1.807) is 18.2 Å². The number of carbonyl (C=O) groups is 1. The maximum absolute atomic E-state index is 13.0. The second kappa shape index (κ2) is 8.00. The molecule has 0 bridgehead atoms. The smallest absolute Gasteiger partial charge is 0.238 e. The minimum Gasteiger partial charge on any atom is -0.325 e. The summed E-state index contributed by atoms with van der Waals surface area (Å²) in [4.78, 5) is 11.8. The Labute approximate surface area is 139 Å². The van der Waals surface area contributed by atoms with E-state index in [2.05, 4.69) is 10.6 Å². The number of carbonyl (C=O) groups excluding carboxylic acids is 1. The molecular formula is C16H18FN3O3S. The number of nitrogens with one attached hydrogen (secondary N) is 2. The molecule has 2 aromatic rings. The Balaban J connectivity index is 1.73. The van der Waals surface area contributed by atoms with Crippen LogP contribution >= 0.6 is 0 Å². The first-order chi connectivity index (χ1) is 11.3. The quantitative estimate of drug-likeness (QED) is 0.653. The lowest BCUT2D eigenvalue weighted by Gasteiger charge is -2.07. The fourth-order valence-electron chi connectivity index (χ4n) is 2.05. The predicted octanol–water partition coefficient (Wildman–Crippen LogP) is 1.24. The van der Waals surface area contributed by atoms with E-state index in [4.69, 9.17) is 5.14 Å². The molecule has 0 fully saturated rings. The molecule has 2 rings (SSSR count). The SMILES string of the molecule is NS(=O)(=O)c1ccc(CCNCC(=O)Nc2cccc(F)c2)cc1. The maximum Gasteiger partial charge on any atom is 0.238 e. The van der Waals surface area contributed by atoms with Gasteiger partial charge in [0.1, 0.15) is 5.82 Å². The van der Waals surface area contributed by atoms with Gasteiger partial charge in [0.15, 0.2) is 0 Å². The number of benzene rings is 2. The summed E-state index contributed by atoms with van der Waals surface area (Å²) in [7, 11) is -3.68. The van der Waals surface area contributed by atoms with Crippen molar-refractivity contribution in [3.05, 3.63) is 59.9 Å². The molecule has 0 heterocycles. The molecule has 24 heavy (non-hydrogen) atoms. The topological polar surface area (TPSA) is 101 Å². The van der Waals surface area contributed by atoms with Crippen LogP contribution in [0.1, 0.15) is 5.56 Å². The molecule has 4 N–H and O–H groups in total. The van der Waals surface area contributed by atoms with Gasteiger partial charge in [0.25, 0.3) is 0 Å². The lowest BCUT2D eigenvalue weighted by atomic mass is 10.1. The molecule has 0 atom stereocenters. The third kappa shape index (κ3) is 5.73. The lowest BCUT2D eigenvalue weighted by molar-refractivity contribution is -0.115. The van der Waals surface area contributed by atoms with Crippen LogP contribution in [0.2, 0.25) is 0 Å². The van der Waals surface area contributed by atoms with Gasteiger partial charge in [-0.3, -0.25) is 4.79 Å². The van der Waals surface area contributed by atoms with Crippen LogP contribution in [0, 0.1) is 5.82 Å². The Morgan fingerprint density at radius 2 is 1.83 bits per heavy atom. The van der Waals surface area contributed by atoms with Crippen molar-refractivity contribution < 1.29 is 17.6 Å². The summed E-state index contributed by atoms with van der Waals surface area (Å²) in [6.07, 6.45) is 0.623. The molecule has 0 aliphatic carbocycles. The molecule has 0 aliphatic rings. The third-order valence-corrected chi connectivity index (χ3v) is 4.17. The van der Waals surface area contributed by atoms with Gasteiger partial charge in [-0.25, -0.2) is 17.9 Å². The summed E-state index contributed by atoms with van der Waals surface area (Å²) in [6, 6.07) is 11.9. The molecule has 0 radical (unpaired) electrons. The number of primary sulfonamides is 1. The van der Waals surface area contributed by atoms with Gasteiger partial charge in [-0.1, -0.05) is 18.2 Å². The molecule has 128 valence electrons. The fourth-order valence-corrected chi connectivity index (χ4v) is 2.57. The van der Waals surface area contributed by atoms with Crippen molar-refractivity contribution >= 4 is 21.6 Å². The molecule has 0 aliphatic heterocycles. The standard InChI is InChI=1S/C16H18FN3O3S/c17-13-2-1-3-14(10-13)20-16(21)11-19-9-8-12-4-6-15(7-5-12)24(18,22)23/h1-7,10,19H,8-9,11H2,(H,20,21)(H2,18,22,23). The summed E-state index contributed by atoms with van der Waals surface area (Å²) in [5, 5.41) is 10.6. The third-order valence-electron chi connectivity index (χ3n) is 3.24. The number of rotatable bonds is 7. The summed E-state index contributed by atoms with van der Waals surface area (Å²) >= 11 is 0.